The molecule has 104 valence electrons. The molecule has 0 aliphatic rings. The van der Waals surface area contributed by atoms with Gasteiger partial charge in [0.15, 0.2) is 5.82 Å². The van der Waals surface area contributed by atoms with E-state index in [1.165, 1.54) is 12.3 Å². The van der Waals surface area contributed by atoms with Crippen LogP contribution in [0.2, 0.25) is 0 Å². The fourth-order valence-electron chi connectivity index (χ4n) is 1.70. The number of nitrogen functional groups attached to an aromatic ring is 1. The van der Waals surface area contributed by atoms with E-state index in [9.17, 15) is 4.79 Å². The van der Waals surface area contributed by atoms with Gasteiger partial charge >= 0.3 is 5.97 Å². The zero-order chi connectivity index (χ0) is 14.5. The Kier molecular flexibility index (Phi) is 4.14. The lowest BCUT2D eigenvalue weighted by Crippen LogP contribution is -2.10. The first kappa shape index (κ1) is 13.8. The molecule has 2 heterocycles. The van der Waals surface area contributed by atoms with Gasteiger partial charge in [-0.15, -0.1) is 0 Å². The number of carbonyl (C=O) groups is 1. The third kappa shape index (κ3) is 2.85. The Labute approximate surface area is 117 Å². The number of nitrogens with two attached hydrogens (primary N) is 1. The summed E-state index contributed by atoms with van der Waals surface area (Å²) in [5, 5.41) is 3.07. The number of hydrogen-bond acceptors (Lipinski definition) is 6. The van der Waals surface area contributed by atoms with E-state index in [0.717, 1.165) is 11.4 Å². The largest absolute Gasteiger partial charge is 0.462 e. The minimum atomic E-state index is -0.460. The molecule has 6 nitrogen and oxygen atoms in total. The maximum atomic E-state index is 11.8. The Balaban J connectivity index is 2.32. The molecule has 0 aliphatic heterocycles. The molecule has 0 amide bonds. The van der Waals surface area contributed by atoms with Gasteiger partial charge in [-0.1, -0.05) is 0 Å². The van der Waals surface area contributed by atoms with Gasteiger partial charge in [0.2, 0.25) is 0 Å². The van der Waals surface area contributed by atoms with Crippen molar-refractivity contribution in [2.75, 3.05) is 17.7 Å². The lowest BCUT2D eigenvalue weighted by molar-refractivity contribution is 0.0527. The second kappa shape index (κ2) is 6.01. The molecule has 0 saturated heterocycles. The van der Waals surface area contributed by atoms with Crippen LogP contribution in [-0.2, 0) is 4.74 Å². The van der Waals surface area contributed by atoms with Crippen molar-refractivity contribution in [3.63, 3.8) is 0 Å². The maximum Gasteiger partial charge on any atom is 0.340 e. The summed E-state index contributed by atoms with van der Waals surface area (Å²) >= 11 is 0. The van der Waals surface area contributed by atoms with Crippen molar-refractivity contribution < 1.29 is 9.53 Å². The second-order valence-corrected chi connectivity index (χ2v) is 4.10. The van der Waals surface area contributed by atoms with Crippen LogP contribution in [0.4, 0.5) is 17.2 Å². The van der Waals surface area contributed by atoms with Crippen molar-refractivity contribution in [3.8, 4) is 0 Å². The molecule has 2 rings (SSSR count). The zero-order valence-electron chi connectivity index (χ0n) is 11.4. The highest BCUT2D eigenvalue weighted by atomic mass is 16.5. The van der Waals surface area contributed by atoms with E-state index in [2.05, 4.69) is 15.3 Å². The van der Waals surface area contributed by atoms with Gasteiger partial charge in [0.25, 0.3) is 0 Å². The van der Waals surface area contributed by atoms with E-state index in [1.54, 1.807) is 19.2 Å². The van der Waals surface area contributed by atoms with Crippen molar-refractivity contribution in [2.24, 2.45) is 0 Å². The second-order valence-electron chi connectivity index (χ2n) is 4.10. The number of rotatable bonds is 4. The smallest absolute Gasteiger partial charge is 0.340 e. The molecule has 0 bridgehead atoms. The zero-order valence-corrected chi connectivity index (χ0v) is 11.4. The van der Waals surface area contributed by atoms with Crippen LogP contribution in [-0.4, -0.2) is 22.5 Å². The maximum absolute atomic E-state index is 11.8. The number of anilines is 3. The molecule has 0 atom stereocenters. The molecule has 20 heavy (non-hydrogen) atoms. The van der Waals surface area contributed by atoms with Gasteiger partial charge in [0.05, 0.1) is 29.2 Å². The molecule has 2 aromatic heterocycles. The summed E-state index contributed by atoms with van der Waals surface area (Å²) in [6, 6.07) is 5.20. The van der Waals surface area contributed by atoms with E-state index in [0.29, 0.717) is 18.0 Å². The molecule has 0 unspecified atom stereocenters. The topological polar surface area (TPSA) is 90.1 Å². The molecular formula is C14H16N4O2. The third-order valence-corrected chi connectivity index (χ3v) is 2.75. The predicted octanol–water partition coefficient (Wildman–Crippen LogP) is 2.29. The lowest BCUT2D eigenvalue weighted by atomic mass is 10.2. The first-order valence-electron chi connectivity index (χ1n) is 6.23. The molecule has 0 aromatic carbocycles. The summed E-state index contributed by atoms with van der Waals surface area (Å²) < 4.78 is 4.95. The van der Waals surface area contributed by atoms with Crippen LogP contribution in [0, 0.1) is 6.92 Å². The van der Waals surface area contributed by atoms with Gasteiger partial charge in [-0.2, -0.15) is 0 Å². The standard InChI is InChI=1S/C14H16N4O2/c1-3-20-14(19)10-6-8-17-13(12(10)15)18-11-5-4-7-16-9(11)2/h4-8H,3,15H2,1-2H3,(H,17,18). The summed E-state index contributed by atoms with van der Waals surface area (Å²) in [6.07, 6.45) is 3.21. The number of pyridine rings is 2. The van der Waals surface area contributed by atoms with Gasteiger partial charge in [0, 0.05) is 12.4 Å². The number of aromatic nitrogens is 2. The van der Waals surface area contributed by atoms with Gasteiger partial charge < -0.3 is 15.8 Å². The van der Waals surface area contributed by atoms with Gasteiger partial charge in [-0.25, -0.2) is 9.78 Å². The number of nitrogens with one attached hydrogen (secondary N) is 1. The van der Waals surface area contributed by atoms with Crippen molar-refractivity contribution in [1.82, 2.24) is 9.97 Å². The van der Waals surface area contributed by atoms with Crippen LogP contribution in [0.3, 0.4) is 0 Å². The normalized spacial score (nSPS) is 10.1. The molecule has 0 radical (unpaired) electrons. The summed E-state index contributed by atoms with van der Waals surface area (Å²) in [5.41, 5.74) is 8.12. The van der Waals surface area contributed by atoms with E-state index < -0.39 is 5.97 Å². The van der Waals surface area contributed by atoms with E-state index in [4.69, 9.17) is 10.5 Å². The SMILES string of the molecule is CCOC(=O)c1ccnc(Nc2cccnc2C)c1N. The van der Waals surface area contributed by atoms with Gasteiger partial charge in [0.1, 0.15) is 0 Å². The highest BCUT2D eigenvalue weighted by molar-refractivity contribution is 5.98. The molecule has 0 spiro atoms. The molecule has 6 heteroatoms. The summed E-state index contributed by atoms with van der Waals surface area (Å²) in [7, 11) is 0. The van der Waals surface area contributed by atoms with Crippen LogP contribution in [0.5, 0.6) is 0 Å². The Morgan fingerprint density at radius 2 is 2.15 bits per heavy atom. The fourth-order valence-corrected chi connectivity index (χ4v) is 1.70. The first-order chi connectivity index (χ1) is 9.63. The number of esters is 1. The van der Waals surface area contributed by atoms with E-state index in [-0.39, 0.29) is 5.69 Å². The minimum Gasteiger partial charge on any atom is -0.462 e. The summed E-state index contributed by atoms with van der Waals surface area (Å²) in [5.74, 6) is -0.0509. The minimum absolute atomic E-state index is 0.259. The quantitative estimate of drug-likeness (QED) is 0.830. The van der Waals surface area contributed by atoms with Crippen LogP contribution in [0.25, 0.3) is 0 Å². The van der Waals surface area contributed by atoms with Crippen LogP contribution < -0.4 is 11.1 Å². The number of hydrogen-bond donors (Lipinski definition) is 2. The average molecular weight is 272 g/mol. The highest BCUT2D eigenvalue weighted by Gasteiger charge is 2.15. The average Bonchev–Trinajstić information content (AvgIpc) is 2.43. The fraction of sp³-hybridized carbons (Fsp3) is 0.214. The number of nitrogens with zero attached hydrogens (tertiary/aromatic N) is 2. The predicted molar refractivity (Wildman–Crippen MR) is 76.9 cm³/mol. The van der Waals surface area contributed by atoms with Crippen molar-refractivity contribution in [3.05, 3.63) is 41.9 Å². The van der Waals surface area contributed by atoms with E-state index in [1.807, 2.05) is 13.0 Å². The monoisotopic (exact) mass is 272 g/mol. The number of aryl methyl sites for hydroxylation is 1. The lowest BCUT2D eigenvalue weighted by Gasteiger charge is -2.12. The highest BCUT2D eigenvalue weighted by Crippen LogP contribution is 2.25. The Morgan fingerprint density at radius 3 is 2.85 bits per heavy atom. The van der Waals surface area contributed by atoms with Gasteiger partial charge in [-0.3, -0.25) is 4.98 Å². The Hall–Kier alpha value is -2.63. The number of carbonyl (C=O) groups excluding carboxylic acids is 1. The summed E-state index contributed by atoms with van der Waals surface area (Å²) in [6.45, 7) is 3.91. The van der Waals surface area contributed by atoms with Gasteiger partial charge in [-0.05, 0) is 32.0 Å². The molecular weight excluding hydrogens is 256 g/mol. The van der Waals surface area contributed by atoms with E-state index >= 15 is 0 Å². The Bertz CT molecular complexity index is 628. The van der Waals surface area contributed by atoms with Crippen molar-refractivity contribution >= 4 is 23.2 Å². The van der Waals surface area contributed by atoms with Crippen LogP contribution in [0.1, 0.15) is 23.0 Å². The molecule has 0 aliphatic carbocycles. The molecule has 0 fully saturated rings. The third-order valence-electron chi connectivity index (χ3n) is 2.75. The van der Waals surface area contributed by atoms with Crippen molar-refractivity contribution in [1.29, 1.82) is 0 Å². The number of ether oxygens (including phenoxy) is 1. The van der Waals surface area contributed by atoms with Crippen LogP contribution in [0.15, 0.2) is 30.6 Å². The summed E-state index contributed by atoms with van der Waals surface area (Å²) in [4.78, 5) is 20.1. The first-order valence-corrected chi connectivity index (χ1v) is 6.23. The van der Waals surface area contributed by atoms with Crippen molar-refractivity contribution in [2.45, 2.75) is 13.8 Å². The van der Waals surface area contributed by atoms with Crippen LogP contribution >= 0.6 is 0 Å². The Morgan fingerprint density at radius 1 is 1.35 bits per heavy atom. The molecule has 0 saturated carbocycles. The molecule has 2 aromatic rings. The molecule has 3 N–H and O–H groups in total.